The lowest BCUT2D eigenvalue weighted by Crippen LogP contribution is -2.43. The molecule has 0 aromatic heterocycles. The van der Waals surface area contributed by atoms with Gasteiger partial charge in [0.15, 0.2) is 0 Å². The number of nitrogens with one attached hydrogen (secondary N) is 1. The quantitative estimate of drug-likeness (QED) is 0.830. The van der Waals surface area contributed by atoms with Gasteiger partial charge in [-0.2, -0.15) is 0 Å². The lowest BCUT2D eigenvalue weighted by Gasteiger charge is -2.25. The maximum absolute atomic E-state index is 12.5. The molecule has 0 spiro atoms. The van der Waals surface area contributed by atoms with Crippen LogP contribution in [0.1, 0.15) is 51.9 Å². The van der Waals surface area contributed by atoms with Crippen LogP contribution in [0.3, 0.4) is 0 Å². The number of hydrogen-bond donors (Lipinski definition) is 2. The van der Waals surface area contributed by atoms with Crippen LogP contribution in [-0.2, 0) is 9.59 Å². The first-order valence-corrected chi connectivity index (χ1v) is 8.11. The van der Waals surface area contributed by atoms with E-state index in [1.165, 1.54) is 19.3 Å². The van der Waals surface area contributed by atoms with Crippen molar-refractivity contribution in [1.82, 2.24) is 5.32 Å². The lowest BCUT2D eigenvalue weighted by molar-refractivity contribution is -0.146. The molecule has 0 aromatic carbocycles. The summed E-state index contributed by atoms with van der Waals surface area (Å²) in [6.07, 6.45) is 7.31. The van der Waals surface area contributed by atoms with E-state index in [4.69, 9.17) is 0 Å². The number of carbonyl (C=O) groups excluding carboxylic acids is 1. The van der Waals surface area contributed by atoms with Crippen LogP contribution in [-0.4, -0.2) is 23.0 Å². The van der Waals surface area contributed by atoms with Gasteiger partial charge in [0.1, 0.15) is 0 Å². The van der Waals surface area contributed by atoms with E-state index >= 15 is 0 Å². The molecule has 3 fully saturated rings. The van der Waals surface area contributed by atoms with E-state index in [2.05, 4.69) is 12.2 Å². The van der Waals surface area contributed by atoms with Crippen molar-refractivity contribution < 1.29 is 14.7 Å². The fraction of sp³-hybridized carbons (Fsp3) is 0.875. The highest BCUT2D eigenvalue weighted by Crippen LogP contribution is 2.45. The Labute approximate surface area is 120 Å². The summed E-state index contributed by atoms with van der Waals surface area (Å²) in [6, 6.07) is 0.316. The van der Waals surface area contributed by atoms with Crippen molar-refractivity contribution in [3.63, 3.8) is 0 Å². The van der Waals surface area contributed by atoms with E-state index in [-0.39, 0.29) is 11.8 Å². The minimum Gasteiger partial charge on any atom is -0.481 e. The van der Waals surface area contributed by atoms with Gasteiger partial charge in [0.05, 0.1) is 11.8 Å². The number of carbonyl (C=O) groups is 2. The molecule has 1 amide bonds. The molecule has 4 nitrogen and oxygen atoms in total. The molecule has 3 aliphatic rings. The monoisotopic (exact) mass is 279 g/mol. The molecule has 0 aliphatic heterocycles. The predicted octanol–water partition coefficient (Wildman–Crippen LogP) is 2.43. The molecule has 0 saturated heterocycles. The minimum atomic E-state index is -0.797. The Bertz CT molecular complexity index is 409. The average Bonchev–Trinajstić information content (AvgIpc) is 3.12. The van der Waals surface area contributed by atoms with E-state index in [0.717, 1.165) is 25.2 Å². The number of amides is 1. The Kier molecular flexibility index (Phi) is 3.74. The van der Waals surface area contributed by atoms with Gasteiger partial charge in [-0.05, 0) is 49.9 Å². The zero-order valence-corrected chi connectivity index (χ0v) is 12.2. The summed E-state index contributed by atoms with van der Waals surface area (Å²) in [5.41, 5.74) is 0. The third-order valence-electron chi connectivity index (χ3n) is 5.96. The summed E-state index contributed by atoms with van der Waals surface area (Å²) in [5.74, 6) is 0.269. The fourth-order valence-electron chi connectivity index (χ4n) is 4.75. The molecule has 3 rings (SSSR count). The molecule has 0 aromatic rings. The smallest absolute Gasteiger partial charge is 0.307 e. The van der Waals surface area contributed by atoms with Crippen molar-refractivity contribution >= 4 is 11.9 Å². The van der Waals surface area contributed by atoms with Crippen LogP contribution < -0.4 is 5.32 Å². The summed E-state index contributed by atoms with van der Waals surface area (Å²) >= 11 is 0. The molecule has 4 heteroatoms. The van der Waals surface area contributed by atoms with Crippen LogP contribution in [0.15, 0.2) is 0 Å². The molecule has 2 N–H and O–H groups in total. The van der Waals surface area contributed by atoms with Gasteiger partial charge in [-0.15, -0.1) is 0 Å². The van der Waals surface area contributed by atoms with Crippen LogP contribution in [0.25, 0.3) is 0 Å². The number of hydrogen-bond acceptors (Lipinski definition) is 2. The Balaban J connectivity index is 1.62. The highest BCUT2D eigenvalue weighted by molar-refractivity contribution is 5.85. The van der Waals surface area contributed by atoms with Gasteiger partial charge < -0.3 is 10.4 Å². The van der Waals surface area contributed by atoms with E-state index < -0.39 is 11.9 Å². The van der Waals surface area contributed by atoms with Gasteiger partial charge in [0.2, 0.25) is 5.91 Å². The number of carboxylic acids is 1. The number of aliphatic carboxylic acids is 1. The summed E-state index contributed by atoms with van der Waals surface area (Å²) in [4.78, 5) is 23.8. The van der Waals surface area contributed by atoms with Gasteiger partial charge in [-0.25, -0.2) is 0 Å². The highest BCUT2D eigenvalue weighted by Gasteiger charge is 2.45. The van der Waals surface area contributed by atoms with Crippen molar-refractivity contribution in [1.29, 1.82) is 0 Å². The Morgan fingerprint density at radius 3 is 2.40 bits per heavy atom. The molecule has 0 heterocycles. The summed E-state index contributed by atoms with van der Waals surface area (Å²) in [7, 11) is 0. The molecule has 112 valence electrons. The molecule has 4 unspecified atom stereocenters. The molecule has 3 saturated carbocycles. The normalized spacial score (nSPS) is 42.9. The molecule has 6 atom stereocenters. The van der Waals surface area contributed by atoms with Crippen LogP contribution in [0, 0.1) is 29.6 Å². The van der Waals surface area contributed by atoms with Crippen LogP contribution in [0.4, 0.5) is 0 Å². The second kappa shape index (κ2) is 5.38. The molecule has 2 bridgehead atoms. The van der Waals surface area contributed by atoms with Crippen LogP contribution in [0.5, 0.6) is 0 Å². The van der Waals surface area contributed by atoms with Crippen LogP contribution in [0.2, 0.25) is 0 Å². The van der Waals surface area contributed by atoms with E-state index in [1.54, 1.807) is 0 Å². The summed E-state index contributed by atoms with van der Waals surface area (Å²) in [6.45, 7) is 2.08. The van der Waals surface area contributed by atoms with E-state index in [0.29, 0.717) is 24.3 Å². The van der Waals surface area contributed by atoms with Gasteiger partial charge >= 0.3 is 5.97 Å². The largest absolute Gasteiger partial charge is 0.481 e. The van der Waals surface area contributed by atoms with Gasteiger partial charge in [0, 0.05) is 6.04 Å². The Morgan fingerprint density at radius 2 is 1.85 bits per heavy atom. The first-order valence-electron chi connectivity index (χ1n) is 8.11. The highest BCUT2D eigenvalue weighted by atomic mass is 16.4. The van der Waals surface area contributed by atoms with Crippen molar-refractivity contribution in [3.05, 3.63) is 0 Å². The summed E-state index contributed by atoms with van der Waals surface area (Å²) in [5, 5.41) is 12.5. The molecular weight excluding hydrogens is 254 g/mol. The molecule has 0 radical (unpaired) electrons. The molecule has 20 heavy (non-hydrogen) atoms. The standard InChI is InChI=1S/C16H25NO3/c1-2-9-6-12(13(7-9)16(19)20)15(18)17-14-8-10-3-4-11(14)5-10/h9-14H,2-8H2,1H3,(H,17,18)(H,19,20)/t9?,10?,11?,12-,13+,14?/m0/s1. The Morgan fingerprint density at radius 1 is 1.10 bits per heavy atom. The van der Waals surface area contributed by atoms with Gasteiger partial charge in [-0.3, -0.25) is 9.59 Å². The van der Waals surface area contributed by atoms with Crippen molar-refractivity contribution in [2.24, 2.45) is 29.6 Å². The first-order chi connectivity index (χ1) is 9.58. The number of carboxylic acid groups (broad SMARTS) is 1. The van der Waals surface area contributed by atoms with Gasteiger partial charge in [0.25, 0.3) is 0 Å². The van der Waals surface area contributed by atoms with Gasteiger partial charge in [-0.1, -0.05) is 19.8 Å². The Hall–Kier alpha value is -1.06. The third-order valence-corrected chi connectivity index (χ3v) is 5.96. The van der Waals surface area contributed by atoms with Crippen molar-refractivity contribution in [3.8, 4) is 0 Å². The van der Waals surface area contributed by atoms with Crippen LogP contribution >= 0.6 is 0 Å². The number of fused-ring (bicyclic) bond motifs is 2. The predicted molar refractivity (Wildman–Crippen MR) is 75.0 cm³/mol. The maximum Gasteiger partial charge on any atom is 0.307 e. The lowest BCUT2D eigenvalue weighted by atomic mass is 9.92. The second-order valence-electron chi connectivity index (χ2n) is 7.09. The molecular formula is C16H25NO3. The maximum atomic E-state index is 12.5. The zero-order chi connectivity index (χ0) is 14.3. The van der Waals surface area contributed by atoms with E-state index in [9.17, 15) is 14.7 Å². The average molecular weight is 279 g/mol. The topological polar surface area (TPSA) is 66.4 Å². The third kappa shape index (κ3) is 2.45. The van der Waals surface area contributed by atoms with Crippen molar-refractivity contribution in [2.45, 2.75) is 57.9 Å². The fourth-order valence-corrected chi connectivity index (χ4v) is 4.75. The number of rotatable bonds is 4. The second-order valence-corrected chi connectivity index (χ2v) is 7.09. The van der Waals surface area contributed by atoms with Crippen molar-refractivity contribution in [2.75, 3.05) is 0 Å². The zero-order valence-electron chi connectivity index (χ0n) is 12.2. The van der Waals surface area contributed by atoms with E-state index in [1.807, 2.05) is 0 Å². The minimum absolute atomic E-state index is 0.00546. The summed E-state index contributed by atoms with van der Waals surface area (Å²) < 4.78 is 0. The first kappa shape index (κ1) is 13.9. The SMILES string of the molecule is CCC1C[C@H](C(=O)NC2CC3CCC2C3)[C@H](C(=O)O)C1. The molecule has 3 aliphatic carbocycles.